The largest absolute Gasteiger partial charge is 0.383 e. The van der Waals surface area contributed by atoms with Crippen LogP contribution in [0, 0.1) is 6.92 Å². The van der Waals surface area contributed by atoms with Crippen LogP contribution in [0.5, 0.6) is 0 Å². The van der Waals surface area contributed by atoms with Crippen LogP contribution in [0.1, 0.15) is 18.4 Å². The maximum Gasteiger partial charge on any atom is 0.0455 e. The van der Waals surface area contributed by atoms with Crippen molar-refractivity contribution in [1.82, 2.24) is 5.32 Å². The van der Waals surface area contributed by atoms with Gasteiger partial charge in [0.2, 0.25) is 0 Å². The maximum absolute atomic E-state index is 6.05. The fraction of sp³-hybridized carbons (Fsp3) is 0.500. The lowest BCUT2D eigenvalue weighted by Gasteiger charge is -2.13. The van der Waals surface area contributed by atoms with Gasteiger partial charge in [-0.3, -0.25) is 0 Å². The molecule has 2 N–H and O–H groups in total. The minimum atomic E-state index is 0.616. The van der Waals surface area contributed by atoms with Crippen molar-refractivity contribution < 1.29 is 0 Å². The molecular formula is C12H17ClN2. The lowest BCUT2D eigenvalue weighted by Crippen LogP contribution is -2.29. The van der Waals surface area contributed by atoms with E-state index < -0.39 is 0 Å². The van der Waals surface area contributed by atoms with Crippen LogP contribution in [0.2, 0.25) is 5.02 Å². The quantitative estimate of drug-likeness (QED) is 0.825. The number of aryl methyl sites for hydroxylation is 1. The molecule has 1 aliphatic heterocycles. The molecule has 1 atom stereocenters. The molecule has 3 heteroatoms. The zero-order chi connectivity index (χ0) is 10.7. The lowest BCUT2D eigenvalue weighted by molar-refractivity contribution is 0.633. The summed E-state index contributed by atoms with van der Waals surface area (Å²) in [5.74, 6) is 0. The molecule has 1 aliphatic rings. The minimum absolute atomic E-state index is 0.616. The van der Waals surface area contributed by atoms with Crippen LogP contribution < -0.4 is 10.6 Å². The molecule has 1 heterocycles. The van der Waals surface area contributed by atoms with Crippen LogP contribution in [0.4, 0.5) is 5.69 Å². The highest BCUT2D eigenvalue weighted by Crippen LogP contribution is 2.20. The topological polar surface area (TPSA) is 24.1 Å². The second-order valence-electron chi connectivity index (χ2n) is 4.14. The van der Waals surface area contributed by atoms with Gasteiger partial charge < -0.3 is 10.6 Å². The summed E-state index contributed by atoms with van der Waals surface area (Å²) in [6.07, 6.45) is 2.56. The van der Waals surface area contributed by atoms with Gasteiger partial charge in [-0.05, 0) is 44.0 Å². The first-order chi connectivity index (χ1) is 7.25. The Morgan fingerprint density at radius 1 is 1.53 bits per heavy atom. The molecule has 1 aromatic carbocycles. The molecule has 0 amide bonds. The Balaban J connectivity index is 1.90. The smallest absolute Gasteiger partial charge is 0.0455 e. The number of benzene rings is 1. The summed E-state index contributed by atoms with van der Waals surface area (Å²) in [5.41, 5.74) is 2.24. The number of rotatable bonds is 3. The fourth-order valence-corrected chi connectivity index (χ4v) is 2.06. The van der Waals surface area contributed by atoms with Gasteiger partial charge in [0.25, 0.3) is 0 Å². The fourth-order valence-electron chi connectivity index (χ4n) is 1.87. The van der Waals surface area contributed by atoms with E-state index in [1.165, 1.54) is 12.8 Å². The summed E-state index contributed by atoms with van der Waals surface area (Å²) in [6.45, 7) is 4.16. The third kappa shape index (κ3) is 2.86. The SMILES string of the molecule is Cc1ccc(NC[C@@H]2CCCN2)cc1Cl. The van der Waals surface area contributed by atoms with Gasteiger partial charge in [0.1, 0.15) is 0 Å². The first-order valence-corrected chi connectivity index (χ1v) is 5.87. The highest BCUT2D eigenvalue weighted by molar-refractivity contribution is 6.31. The van der Waals surface area contributed by atoms with Gasteiger partial charge in [0.05, 0.1) is 0 Å². The molecule has 1 fully saturated rings. The van der Waals surface area contributed by atoms with Crippen LogP contribution in [-0.4, -0.2) is 19.1 Å². The molecule has 0 radical (unpaired) electrons. The molecule has 2 rings (SSSR count). The summed E-state index contributed by atoms with van der Waals surface area (Å²) in [7, 11) is 0. The first kappa shape index (κ1) is 10.8. The summed E-state index contributed by atoms with van der Waals surface area (Å²) in [4.78, 5) is 0. The zero-order valence-electron chi connectivity index (χ0n) is 9.02. The summed E-state index contributed by atoms with van der Waals surface area (Å²) in [6, 6.07) is 6.74. The third-order valence-corrected chi connectivity index (χ3v) is 3.29. The molecular weight excluding hydrogens is 208 g/mol. The third-order valence-electron chi connectivity index (χ3n) is 2.89. The molecule has 1 saturated heterocycles. The van der Waals surface area contributed by atoms with Crippen molar-refractivity contribution in [1.29, 1.82) is 0 Å². The Hall–Kier alpha value is -0.730. The molecule has 15 heavy (non-hydrogen) atoms. The Bertz CT molecular complexity index is 332. The molecule has 82 valence electrons. The molecule has 1 aromatic rings. The van der Waals surface area contributed by atoms with Crippen molar-refractivity contribution >= 4 is 17.3 Å². The summed E-state index contributed by atoms with van der Waals surface area (Å²) in [5, 5.41) is 7.70. The van der Waals surface area contributed by atoms with Crippen LogP contribution in [0.3, 0.4) is 0 Å². The van der Waals surface area contributed by atoms with E-state index in [0.29, 0.717) is 6.04 Å². The number of nitrogens with one attached hydrogen (secondary N) is 2. The van der Waals surface area contributed by atoms with Gasteiger partial charge in [-0.15, -0.1) is 0 Å². The molecule has 0 bridgehead atoms. The van der Waals surface area contributed by atoms with E-state index in [-0.39, 0.29) is 0 Å². The highest BCUT2D eigenvalue weighted by atomic mass is 35.5. The van der Waals surface area contributed by atoms with Gasteiger partial charge >= 0.3 is 0 Å². The van der Waals surface area contributed by atoms with E-state index >= 15 is 0 Å². The van der Waals surface area contributed by atoms with Gasteiger partial charge in [0.15, 0.2) is 0 Å². The predicted molar refractivity (Wildman–Crippen MR) is 65.7 cm³/mol. The molecule has 0 unspecified atom stereocenters. The van der Waals surface area contributed by atoms with Crippen LogP contribution >= 0.6 is 11.6 Å². The first-order valence-electron chi connectivity index (χ1n) is 5.49. The van der Waals surface area contributed by atoms with Gasteiger partial charge in [0, 0.05) is 23.3 Å². The van der Waals surface area contributed by atoms with Crippen molar-refractivity contribution in [2.24, 2.45) is 0 Å². The van der Waals surface area contributed by atoms with Crippen molar-refractivity contribution in [3.8, 4) is 0 Å². The average molecular weight is 225 g/mol. The normalized spacial score (nSPS) is 20.5. The monoisotopic (exact) mass is 224 g/mol. The average Bonchev–Trinajstić information content (AvgIpc) is 2.73. The second-order valence-corrected chi connectivity index (χ2v) is 4.55. The summed E-state index contributed by atoms with van der Waals surface area (Å²) >= 11 is 6.05. The lowest BCUT2D eigenvalue weighted by atomic mass is 10.2. The zero-order valence-corrected chi connectivity index (χ0v) is 9.77. The second kappa shape index (κ2) is 4.86. The molecule has 0 aromatic heterocycles. The highest BCUT2D eigenvalue weighted by Gasteiger charge is 2.13. The van der Waals surface area contributed by atoms with E-state index in [2.05, 4.69) is 16.7 Å². The maximum atomic E-state index is 6.05. The Kier molecular flexibility index (Phi) is 3.49. The van der Waals surface area contributed by atoms with E-state index in [1.807, 2.05) is 19.1 Å². The Labute approximate surface area is 96.0 Å². The Morgan fingerprint density at radius 3 is 3.07 bits per heavy atom. The standard InChI is InChI=1S/C12H17ClN2/c1-9-4-5-10(7-12(9)13)15-8-11-3-2-6-14-11/h4-5,7,11,14-15H,2-3,6,8H2,1H3/t11-/m0/s1. The molecule has 2 nitrogen and oxygen atoms in total. The van der Waals surface area contributed by atoms with E-state index in [4.69, 9.17) is 11.6 Å². The van der Waals surface area contributed by atoms with Crippen LogP contribution in [-0.2, 0) is 0 Å². The van der Waals surface area contributed by atoms with E-state index in [9.17, 15) is 0 Å². The number of halogens is 1. The van der Waals surface area contributed by atoms with Crippen molar-refractivity contribution in [2.75, 3.05) is 18.4 Å². The minimum Gasteiger partial charge on any atom is -0.383 e. The Morgan fingerprint density at radius 2 is 2.40 bits per heavy atom. The molecule has 0 saturated carbocycles. The van der Waals surface area contributed by atoms with Gasteiger partial charge in [-0.25, -0.2) is 0 Å². The number of hydrogen-bond donors (Lipinski definition) is 2. The van der Waals surface area contributed by atoms with Crippen molar-refractivity contribution in [3.05, 3.63) is 28.8 Å². The molecule has 0 aliphatic carbocycles. The van der Waals surface area contributed by atoms with E-state index in [1.54, 1.807) is 0 Å². The van der Waals surface area contributed by atoms with Crippen molar-refractivity contribution in [3.63, 3.8) is 0 Å². The van der Waals surface area contributed by atoms with E-state index in [0.717, 1.165) is 29.4 Å². The summed E-state index contributed by atoms with van der Waals surface area (Å²) < 4.78 is 0. The predicted octanol–water partition coefficient (Wildman–Crippen LogP) is 2.81. The number of hydrogen-bond acceptors (Lipinski definition) is 2. The number of anilines is 1. The van der Waals surface area contributed by atoms with Crippen LogP contribution in [0.15, 0.2) is 18.2 Å². The van der Waals surface area contributed by atoms with Crippen molar-refractivity contribution in [2.45, 2.75) is 25.8 Å². The molecule has 0 spiro atoms. The van der Waals surface area contributed by atoms with Gasteiger partial charge in [-0.2, -0.15) is 0 Å². The van der Waals surface area contributed by atoms with Crippen LogP contribution in [0.25, 0.3) is 0 Å². The van der Waals surface area contributed by atoms with Gasteiger partial charge in [-0.1, -0.05) is 17.7 Å².